The quantitative estimate of drug-likeness (QED) is 0.0252. The molecule has 21 unspecified atom stereocenters. The van der Waals surface area contributed by atoms with Crippen LogP contribution in [0.3, 0.4) is 0 Å². The fourth-order valence-electron chi connectivity index (χ4n) is 18.5. The lowest BCUT2D eigenvalue weighted by Crippen LogP contribution is -2.68. The highest BCUT2D eigenvalue weighted by molar-refractivity contribution is 5.77. The van der Waals surface area contributed by atoms with E-state index >= 15 is 0 Å². The first kappa shape index (κ1) is 120. The summed E-state index contributed by atoms with van der Waals surface area (Å²) in [5, 5.41) is 383. The Bertz CT molecular complexity index is 3870. The van der Waals surface area contributed by atoms with Crippen LogP contribution in [-0.2, 0) is 114 Å². The zero-order chi connectivity index (χ0) is 106. The summed E-state index contributed by atoms with van der Waals surface area (Å²) in [5.41, 5.74) is 0. The van der Waals surface area contributed by atoms with Gasteiger partial charge in [0.2, 0.25) is 11.8 Å². The molecule has 60 heteroatoms. The lowest BCUT2D eigenvalue weighted by molar-refractivity contribution is -0.383. The summed E-state index contributed by atoms with van der Waals surface area (Å²) in [5.74, 6) is -20.1. The largest absolute Gasteiger partial charge is 0.477 e. The van der Waals surface area contributed by atoms with Gasteiger partial charge in [0.25, 0.3) is 11.6 Å². The Labute approximate surface area is 807 Å². The summed E-state index contributed by atoms with van der Waals surface area (Å²) >= 11 is 0. The van der Waals surface area contributed by atoms with Crippen LogP contribution in [0.1, 0.15) is 61.3 Å². The Kier molecular flexibility index (Phi) is 43.6. The number of hydrogen-bond acceptors (Lipinski definition) is 56. The van der Waals surface area contributed by atoms with Gasteiger partial charge in [-0.25, -0.2) is 9.59 Å². The summed E-state index contributed by atoms with van der Waals surface area (Å²) in [6.45, 7) is -4.52. The molecule has 0 saturated carbocycles. The van der Waals surface area contributed by atoms with E-state index in [1.54, 1.807) is 0 Å². The Balaban J connectivity index is 0.874. The van der Waals surface area contributed by atoms with Crippen molar-refractivity contribution in [1.29, 1.82) is 0 Å². The molecule has 2 amide bonds. The first-order chi connectivity index (χ1) is 66.8. The van der Waals surface area contributed by atoms with Crippen LogP contribution in [0.4, 0.5) is 0 Å². The monoisotopic (exact) mass is 2080 g/mol. The minimum atomic E-state index is -3.05. The van der Waals surface area contributed by atoms with Crippen LogP contribution < -0.4 is 10.6 Å². The molecule has 0 aromatic rings. The van der Waals surface area contributed by atoms with E-state index in [0.717, 1.165) is 20.8 Å². The number of hydrogen-bond donors (Lipinski definition) is 36. The molecule has 10 fully saturated rings. The average Bonchev–Trinajstić information content (AvgIpc) is 0.754. The normalized spacial score (nSPS) is 46.5. The van der Waals surface area contributed by atoms with Gasteiger partial charge in [0.1, 0.15) is 183 Å². The molecule has 57 atom stereocenters. The molecule has 142 heavy (non-hydrogen) atoms. The van der Waals surface area contributed by atoms with Crippen molar-refractivity contribution in [1.82, 2.24) is 10.6 Å². The summed E-state index contributed by atoms with van der Waals surface area (Å²) < 4.78 is 118. The number of aliphatic hydroxyl groups is 32. The molecule has 10 rings (SSSR count). The number of carboxylic acid groups (broad SMARTS) is 2. The maximum Gasteiger partial charge on any atom is 0.364 e. The second-order valence-electron chi connectivity index (χ2n) is 37.4. The maximum absolute atomic E-state index is 13.0. The van der Waals surface area contributed by atoms with Gasteiger partial charge < -0.3 is 279 Å². The number of aliphatic carboxylic acids is 2. The number of rotatable bonds is 44. The van der Waals surface area contributed by atoms with Crippen LogP contribution in [0.15, 0.2) is 0 Å². The van der Waals surface area contributed by atoms with Gasteiger partial charge in [-0.1, -0.05) is 34.6 Å². The summed E-state index contributed by atoms with van der Waals surface area (Å²) in [7, 11) is 0. The summed E-state index contributed by atoms with van der Waals surface area (Å²) in [4.78, 5) is 50.2. The average molecular weight is 2080 g/mol. The predicted octanol–water partition coefficient (Wildman–Crippen LogP) is -20.7. The molecule has 0 radical (unpaired) electrons. The smallest absolute Gasteiger partial charge is 0.364 e. The van der Waals surface area contributed by atoms with E-state index in [1.165, 1.54) is 27.7 Å². The van der Waals surface area contributed by atoms with E-state index in [4.69, 9.17) is 94.7 Å². The third-order valence-electron chi connectivity index (χ3n) is 27.5. The number of carbonyl (C=O) groups is 4. The lowest BCUT2D eigenvalue weighted by Gasteiger charge is -2.49. The van der Waals surface area contributed by atoms with Crippen molar-refractivity contribution in [3.8, 4) is 0 Å². The third-order valence-corrected chi connectivity index (χ3v) is 27.5. The molecular weight excluding hydrogens is 1940 g/mol. The minimum absolute atomic E-state index is 0.822. The van der Waals surface area contributed by atoms with Crippen molar-refractivity contribution in [2.75, 3.05) is 79.3 Å². The van der Waals surface area contributed by atoms with Crippen LogP contribution >= 0.6 is 0 Å². The standard InChI is InChI=1S/C82H140N2O58/c1-22(18-123-77-68(57(112)51(106)35(13-88)129-77)139-74-26(5)48(103)64(39(17-92)132-74)137-76-60(115)56(111)54(109)41(134-76)21-126-82(80(121)122)9-31(96)43(84-28(7)94)66(142-82)50(105)33(98)11-86)44(99)67(61(116)71(118)135-62-38(16-91)131-73(25(4)47(62)102)136-63-37(15-90)127-70(117)23(2)46(63)101)138-78-69(58(113)52(107)36(14-89)130-78)140-72-24(3)45(100)29(34(12-87)128-72)19-124-75-59(114)55(110)53(108)40(133-75)20-125-81(79(119)120)8-30(95)42(83-27(6)93)65(141-81)49(104)32(97)10-85/h22-26,29-78,85-92,95-118H,8-21H2,1-7H3,(H,83,93)(H,84,94)(H,119,120)(H,121,122)/t22?,23-,24-,25-,26?,29+,30+,31+,32+,33+,34?,35?,36+,37?,38?,39-,40?,41?,42+,43+,44+,45?,46?,47?,48?,49+,50+,51+,52+,53-,54-,55-,56?,57-,58?,59?,60-,61+,62+,63+,64+,65?,66?,67?,68?,69?,70?,71-,72-,73-,74-,75+,76-,77-,78+,81+,82+/m0/s1. The zero-order valence-corrected chi connectivity index (χ0v) is 77.7. The van der Waals surface area contributed by atoms with Gasteiger partial charge in [0, 0.05) is 62.2 Å². The Hall–Kier alpha value is -4.20. The van der Waals surface area contributed by atoms with Crippen molar-refractivity contribution < 1.29 is 288 Å². The topological polar surface area (TPSA) is 965 Å². The molecule has 0 aromatic heterocycles. The van der Waals surface area contributed by atoms with Crippen molar-refractivity contribution in [3.05, 3.63) is 0 Å². The summed E-state index contributed by atoms with van der Waals surface area (Å²) in [6.07, 6.45) is -98.5. The molecule has 0 bridgehead atoms. The van der Waals surface area contributed by atoms with Gasteiger partial charge in [0.05, 0.1) is 140 Å². The molecule has 10 aliphatic heterocycles. The highest BCUT2D eigenvalue weighted by Crippen LogP contribution is 2.44. The van der Waals surface area contributed by atoms with Crippen LogP contribution in [0, 0.1) is 35.5 Å². The first-order valence-electron chi connectivity index (χ1n) is 46.1. The minimum Gasteiger partial charge on any atom is -0.477 e. The molecule has 10 heterocycles. The van der Waals surface area contributed by atoms with Crippen molar-refractivity contribution in [2.24, 2.45) is 35.5 Å². The van der Waals surface area contributed by atoms with Gasteiger partial charge >= 0.3 is 11.9 Å². The van der Waals surface area contributed by atoms with Crippen LogP contribution in [0.5, 0.6) is 0 Å². The molecule has 10 aliphatic rings. The van der Waals surface area contributed by atoms with Gasteiger partial charge in [0.15, 0.2) is 56.6 Å². The van der Waals surface area contributed by atoms with Gasteiger partial charge in [-0.3, -0.25) is 9.59 Å². The Morgan fingerprint density at radius 3 is 1.15 bits per heavy atom. The highest BCUT2D eigenvalue weighted by atomic mass is 16.8. The zero-order valence-electron chi connectivity index (χ0n) is 77.7. The number of nitrogens with one attached hydrogen (secondary N) is 2. The summed E-state index contributed by atoms with van der Waals surface area (Å²) in [6, 6.07) is -3.28. The van der Waals surface area contributed by atoms with E-state index in [9.17, 15) is 193 Å². The third kappa shape index (κ3) is 26.4. The van der Waals surface area contributed by atoms with Crippen molar-refractivity contribution in [3.63, 3.8) is 0 Å². The fourth-order valence-corrected chi connectivity index (χ4v) is 18.5. The van der Waals surface area contributed by atoms with Crippen LogP contribution in [-0.4, -0.2) is 589 Å². The Morgan fingerprint density at radius 1 is 0.359 bits per heavy atom. The molecule has 826 valence electrons. The second kappa shape index (κ2) is 51.7. The van der Waals surface area contributed by atoms with E-state index in [-0.39, 0.29) is 0 Å². The van der Waals surface area contributed by atoms with Crippen molar-refractivity contribution in [2.45, 2.75) is 374 Å². The molecule has 0 aliphatic carbocycles. The number of ether oxygens (including phenoxy) is 20. The molecular formula is C82H140N2O58. The second-order valence-corrected chi connectivity index (χ2v) is 37.4. The number of amides is 2. The highest BCUT2D eigenvalue weighted by Gasteiger charge is 2.63. The van der Waals surface area contributed by atoms with Gasteiger partial charge in [-0.05, 0) is 0 Å². The first-order valence-corrected chi connectivity index (χ1v) is 46.1. The van der Waals surface area contributed by atoms with Gasteiger partial charge in [-0.2, -0.15) is 0 Å². The molecule has 0 aromatic carbocycles. The van der Waals surface area contributed by atoms with E-state index in [0.29, 0.717) is 0 Å². The lowest BCUT2D eigenvalue weighted by atomic mass is 9.85. The molecule has 10 saturated heterocycles. The fraction of sp³-hybridized carbons (Fsp3) is 0.951. The van der Waals surface area contributed by atoms with Crippen LogP contribution in [0.25, 0.3) is 0 Å². The molecule has 0 spiro atoms. The van der Waals surface area contributed by atoms with E-state index in [2.05, 4.69) is 10.6 Å². The molecule has 36 N–H and O–H groups in total. The molecule has 60 nitrogen and oxygen atoms in total. The van der Waals surface area contributed by atoms with E-state index in [1.807, 2.05) is 0 Å². The Morgan fingerprint density at radius 2 is 0.718 bits per heavy atom. The van der Waals surface area contributed by atoms with Crippen molar-refractivity contribution >= 4 is 23.8 Å². The number of aliphatic hydroxyl groups excluding tert-OH is 32. The predicted molar refractivity (Wildman–Crippen MR) is 444 cm³/mol. The number of carbonyl (C=O) groups excluding carboxylic acids is 2. The SMILES string of the molecule is CC(=O)N[C@H]1C([C@H](O)[C@H](O)CO)O[C@@](OCC2O[C@@H](O[C@H]3C(O)C(C)[C@H](OC4[C@@H](OCC(C)[C@@H](O)C(O[C@H]5O[C@H](CO)[C@@H](O)C(O)C5O[C@@H]5OC(CO)[C@@H](CO[C@@H]6OC(CO[C@]7(C(=O)O)C[C@@H](O)[C@@H](NC(C)=O)C([C@H](O)[C@H](O)CO)O7)[C@H](O)[C@H](O)C6O)C(O)[C@@H]5C)[C@@H](O)[C@@H](O)O[C@@H]5C(CO)O[C@@H](O[C@@H]6C(CO)OC(O)[C@@H](C)C6O)[C@@H](C)C5O)OC(CO)[C@@H](O)[C@@H]4O)O[C@H]3CO)[C@@H](O)C(O)[C@H]2O)(C(=O)O)C[C@H]1O. The maximum atomic E-state index is 13.0. The number of carboxylic acids is 2. The van der Waals surface area contributed by atoms with E-state index < -0.39 is 464 Å². The van der Waals surface area contributed by atoms with Gasteiger partial charge in [-0.15, -0.1) is 0 Å². The van der Waals surface area contributed by atoms with Crippen LogP contribution in [0.2, 0.25) is 0 Å².